The highest BCUT2D eigenvalue weighted by atomic mass is 16.5. The Hall–Kier alpha value is -5.18. The van der Waals surface area contributed by atoms with Crippen molar-refractivity contribution >= 4 is 40.1 Å². The van der Waals surface area contributed by atoms with Crippen LogP contribution in [0.15, 0.2) is 85.1 Å². The quantitative estimate of drug-likeness (QED) is 0.227. The van der Waals surface area contributed by atoms with Gasteiger partial charge in [0.15, 0.2) is 5.65 Å². The average Bonchev–Trinajstić information content (AvgIpc) is 3.33. The lowest BCUT2D eigenvalue weighted by Gasteiger charge is -2.18. The van der Waals surface area contributed by atoms with Crippen molar-refractivity contribution < 1.29 is 24.2 Å². The number of hydrogen-bond acceptors (Lipinski definition) is 6. The van der Waals surface area contributed by atoms with Crippen LogP contribution in [0.3, 0.4) is 0 Å². The zero-order valence-corrected chi connectivity index (χ0v) is 22.0. The number of rotatable bonds is 9. The number of carboxylic acids is 1. The molecule has 1 atom stereocenters. The topological polar surface area (TPSA) is 122 Å². The summed E-state index contributed by atoms with van der Waals surface area (Å²) in [6.45, 7) is 1.81. The maximum Gasteiger partial charge on any atom is 0.325 e. The Morgan fingerprint density at radius 2 is 1.77 bits per heavy atom. The molecule has 1 unspecified atom stereocenters. The molecule has 3 N–H and O–H groups in total. The van der Waals surface area contributed by atoms with Crippen molar-refractivity contribution in [2.24, 2.45) is 0 Å². The Bertz CT molecular complexity index is 1740. The third-order valence-electron chi connectivity index (χ3n) is 6.67. The first kappa shape index (κ1) is 26.4. The monoisotopic (exact) mass is 536 g/mol. The molecule has 0 radical (unpaired) electrons. The Morgan fingerprint density at radius 3 is 2.52 bits per heavy atom. The second-order valence-electron chi connectivity index (χ2n) is 9.45. The maximum absolute atomic E-state index is 13.6. The van der Waals surface area contributed by atoms with Crippen molar-refractivity contribution in [3.05, 3.63) is 102 Å². The lowest BCUT2D eigenvalue weighted by Crippen LogP contribution is -2.30. The van der Waals surface area contributed by atoms with Gasteiger partial charge in [-0.05, 0) is 41.5 Å². The summed E-state index contributed by atoms with van der Waals surface area (Å²) in [7, 11) is 1.31. The number of pyridine rings is 1. The first-order chi connectivity index (χ1) is 19.3. The summed E-state index contributed by atoms with van der Waals surface area (Å²) in [5, 5.41) is 17.6. The molecule has 5 rings (SSSR count). The van der Waals surface area contributed by atoms with Crippen LogP contribution in [0.4, 0.5) is 5.82 Å². The number of nitrogens with zero attached hydrogens (tertiary/aromatic N) is 2. The minimum atomic E-state index is -1.03. The van der Waals surface area contributed by atoms with Gasteiger partial charge in [0.05, 0.1) is 25.1 Å². The lowest BCUT2D eigenvalue weighted by atomic mass is 10.0. The van der Waals surface area contributed by atoms with E-state index in [1.54, 1.807) is 28.8 Å². The normalized spacial score (nSPS) is 11.8. The molecule has 2 heterocycles. The molecular formula is C31H28N4O5. The van der Waals surface area contributed by atoms with Crippen LogP contribution in [0.25, 0.3) is 27.7 Å². The second-order valence-corrected chi connectivity index (χ2v) is 9.45. The van der Waals surface area contributed by atoms with Crippen LogP contribution in [0.2, 0.25) is 0 Å². The number of amides is 1. The SMILES string of the molecule is COC(=O)CNc1c(-c2ccc3ccccc3c2)nc2c(C(=O)NC(CC(=O)O)c3cccc(C)c3)cccn12. The van der Waals surface area contributed by atoms with Gasteiger partial charge in [-0.3, -0.25) is 18.8 Å². The van der Waals surface area contributed by atoms with E-state index in [-0.39, 0.29) is 18.5 Å². The second kappa shape index (κ2) is 11.3. The number of ether oxygens (including phenoxy) is 1. The molecule has 0 aliphatic carbocycles. The molecule has 0 bridgehead atoms. The highest BCUT2D eigenvalue weighted by molar-refractivity contribution is 6.01. The number of benzene rings is 3. The van der Waals surface area contributed by atoms with Crippen LogP contribution in [-0.4, -0.2) is 46.0 Å². The van der Waals surface area contributed by atoms with Crippen molar-refractivity contribution in [3.8, 4) is 11.3 Å². The summed E-state index contributed by atoms with van der Waals surface area (Å²) in [4.78, 5) is 42.1. The molecule has 2 aromatic heterocycles. The molecule has 5 aromatic rings. The summed E-state index contributed by atoms with van der Waals surface area (Å²) in [5.41, 5.74) is 3.62. The van der Waals surface area contributed by atoms with Crippen LogP contribution < -0.4 is 10.6 Å². The molecule has 40 heavy (non-hydrogen) atoms. The van der Waals surface area contributed by atoms with Crippen LogP contribution in [0.1, 0.15) is 33.9 Å². The number of carbonyl (C=O) groups excluding carboxylic acids is 2. The predicted molar refractivity (Wildman–Crippen MR) is 152 cm³/mol. The molecule has 0 spiro atoms. The molecule has 0 aliphatic rings. The van der Waals surface area contributed by atoms with E-state index in [9.17, 15) is 19.5 Å². The number of fused-ring (bicyclic) bond motifs is 2. The average molecular weight is 537 g/mol. The number of aromatic nitrogens is 2. The third-order valence-corrected chi connectivity index (χ3v) is 6.67. The summed E-state index contributed by atoms with van der Waals surface area (Å²) in [6, 6.07) is 23.9. The Morgan fingerprint density at radius 1 is 0.975 bits per heavy atom. The summed E-state index contributed by atoms with van der Waals surface area (Å²) >= 11 is 0. The smallest absolute Gasteiger partial charge is 0.325 e. The van der Waals surface area contributed by atoms with Crippen LogP contribution in [0.5, 0.6) is 0 Å². The largest absolute Gasteiger partial charge is 0.481 e. The minimum Gasteiger partial charge on any atom is -0.481 e. The van der Waals surface area contributed by atoms with Gasteiger partial charge >= 0.3 is 11.9 Å². The fourth-order valence-corrected chi connectivity index (χ4v) is 4.73. The Labute approximate surface area is 230 Å². The molecule has 9 heteroatoms. The number of esters is 1. The number of carbonyl (C=O) groups is 3. The zero-order chi connectivity index (χ0) is 28.2. The van der Waals surface area contributed by atoms with Crippen molar-refractivity contribution in [2.45, 2.75) is 19.4 Å². The predicted octanol–water partition coefficient (Wildman–Crippen LogP) is 4.99. The van der Waals surface area contributed by atoms with Gasteiger partial charge in [0.1, 0.15) is 18.1 Å². The van der Waals surface area contributed by atoms with Crippen LogP contribution in [-0.2, 0) is 14.3 Å². The number of methoxy groups -OCH3 is 1. The van der Waals surface area contributed by atoms with Crippen molar-refractivity contribution in [3.63, 3.8) is 0 Å². The summed E-state index contributed by atoms with van der Waals surface area (Å²) in [5.74, 6) is -1.43. The lowest BCUT2D eigenvalue weighted by molar-refractivity contribution is -0.139. The van der Waals surface area contributed by atoms with Crippen molar-refractivity contribution in [1.82, 2.24) is 14.7 Å². The molecule has 3 aromatic carbocycles. The standard InChI is InChI=1S/C31H28N4O5/c1-19-7-5-10-22(15-19)25(17-26(36)37)33-31(39)24-11-6-14-35-29(24)34-28(30(35)32-18-27(38)40-2)23-13-12-20-8-3-4-9-21(20)16-23/h3-16,25,32H,17-18H2,1-2H3,(H,33,39)(H,36,37). The first-order valence-electron chi connectivity index (χ1n) is 12.7. The Balaban J connectivity index is 1.58. The van der Waals surface area contributed by atoms with E-state index < -0.39 is 23.9 Å². The molecule has 0 saturated carbocycles. The number of imidazole rings is 1. The van der Waals surface area contributed by atoms with Gasteiger partial charge in [-0.2, -0.15) is 0 Å². The zero-order valence-electron chi connectivity index (χ0n) is 22.0. The summed E-state index contributed by atoms with van der Waals surface area (Å²) < 4.78 is 6.52. The van der Waals surface area contributed by atoms with Gasteiger partial charge in [-0.15, -0.1) is 0 Å². The van der Waals surface area contributed by atoms with Gasteiger partial charge in [0, 0.05) is 11.8 Å². The molecular weight excluding hydrogens is 508 g/mol. The summed E-state index contributed by atoms with van der Waals surface area (Å²) in [6.07, 6.45) is 1.47. The third kappa shape index (κ3) is 5.49. The van der Waals surface area contributed by atoms with Crippen molar-refractivity contribution in [1.29, 1.82) is 0 Å². The van der Waals surface area contributed by atoms with E-state index in [0.717, 1.165) is 21.9 Å². The first-order valence-corrected chi connectivity index (χ1v) is 12.7. The molecule has 0 aliphatic heterocycles. The van der Waals surface area contributed by atoms with Gasteiger partial charge in [-0.1, -0.05) is 66.2 Å². The molecule has 0 saturated heterocycles. The fraction of sp³-hybridized carbons (Fsp3) is 0.161. The van der Waals surface area contributed by atoms with Gasteiger partial charge in [-0.25, -0.2) is 4.98 Å². The number of aliphatic carboxylic acids is 1. The number of aryl methyl sites for hydroxylation is 1. The number of anilines is 1. The molecule has 202 valence electrons. The minimum absolute atomic E-state index is 0.102. The van der Waals surface area contributed by atoms with Gasteiger partial charge in [0.25, 0.3) is 5.91 Å². The van der Waals surface area contributed by atoms with E-state index in [2.05, 4.69) is 10.6 Å². The van der Waals surface area contributed by atoms with E-state index in [4.69, 9.17) is 9.72 Å². The van der Waals surface area contributed by atoms with E-state index in [0.29, 0.717) is 22.7 Å². The highest BCUT2D eigenvalue weighted by Gasteiger charge is 2.24. The fourth-order valence-electron chi connectivity index (χ4n) is 4.73. The van der Waals surface area contributed by atoms with Gasteiger partial charge in [0.2, 0.25) is 0 Å². The molecule has 9 nitrogen and oxygen atoms in total. The van der Waals surface area contributed by atoms with E-state index >= 15 is 0 Å². The maximum atomic E-state index is 13.6. The molecule has 0 fully saturated rings. The Kier molecular flexibility index (Phi) is 7.46. The number of nitrogens with one attached hydrogen (secondary N) is 2. The highest BCUT2D eigenvalue weighted by Crippen LogP contribution is 2.32. The molecule has 1 amide bonds. The number of carboxylic acid groups (broad SMARTS) is 1. The van der Waals surface area contributed by atoms with E-state index in [1.165, 1.54) is 7.11 Å². The van der Waals surface area contributed by atoms with Crippen molar-refractivity contribution in [2.75, 3.05) is 19.0 Å². The van der Waals surface area contributed by atoms with Crippen LogP contribution >= 0.6 is 0 Å². The number of hydrogen-bond donors (Lipinski definition) is 3. The van der Waals surface area contributed by atoms with Crippen LogP contribution in [0, 0.1) is 6.92 Å². The van der Waals surface area contributed by atoms with E-state index in [1.807, 2.05) is 67.6 Å². The van der Waals surface area contributed by atoms with Gasteiger partial charge < -0.3 is 20.5 Å².